The number of aliphatic carboxylic acids is 1. The molecular weight excluding hydrogens is 268 g/mol. The summed E-state index contributed by atoms with van der Waals surface area (Å²) in [6.07, 6.45) is -4.56. The van der Waals surface area contributed by atoms with Crippen LogP contribution in [-0.4, -0.2) is 57.1 Å². The number of carboxylic acid groups (broad SMARTS) is 1. The first-order valence-electron chi connectivity index (χ1n) is 6.15. The van der Waals surface area contributed by atoms with E-state index >= 15 is 0 Å². The average molecular weight is 288 g/mol. The van der Waals surface area contributed by atoms with Crippen LogP contribution in [0.1, 0.15) is 20.8 Å². The third-order valence-corrected chi connectivity index (χ3v) is 2.77. The number of hydrogen-bond acceptors (Lipinski definition) is 6. The number of aliphatic hydroxyl groups excluding tert-OH is 3. The van der Waals surface area contributed by atoms with Gasteiger partial charge in [0.1, 0.15) is 18.3 Å². The molecule has 7 nitrogen and oxygen atoms in total. The zero-order valence-corrected chi connectivity index (χ0v) is 11.6. The number of allylic oxidation sites excluding steroid dienone is 4. The largest absolute Gasteiger partial charge is 0.479 e. The third-order valence-electron chi connectivity index (χ3n) is 2.77. The van der Waals surface area contributed by atoms with Gasteiger partial charge in [-0.15, -0.1) is 0 Å². The van der Waals surface area contributed by atoms with Crippen molar-refractivity contribution in [2.45, 2.75) is 51.5 Å². The molecule has 20 heavy (non-hydrogen) atoms. The van der Waals surface area contributed by atoms with Crippen LogP contribution in [0.5, 0.6) is 0 Å². The lowest BCUT2D eigenvalue weighted by molar-refractivity contribution is -0.284. The predicted molar refractivity (Wildman–Crippen MR) is 68.6 cm³/mol. The van der Waals surface area contributed by atoms with Gasteiger partial charge in [-0.05, 0) is 26.8 Å². The molecule has 1 heterocycles. The van der Waals surface area contributed by atoms with Crippen LogP contribution in [0.2, 0.25) is 0 Å². The molecule has 0 spiro atoms. The van der Waals surface area contributed by atoms with E-state index in [4.69, 9.17) is 14.6 Å². The van der Waals surface area contributed by atoms with Gasteiger partial charge in [0, 0.05) is 0 Å². The highest BCUT2D eigenvalue weighted by molar-refractivity contribution is 5.73. The second-order valence-corrected chi connectivity index (χ2v) is 4.87. The van der Waals surface area contributed by atoms with Crippen molar-refractivity contribution in [2.75, 3.05) is 0 Å². The van der Waals surface area contributed by atoms with Gasteiger partial charge in [0.05, 0.1) is 5.76 Å². The summed E-state index contributed by atoms with van der Waals surface area (Å²) in [5.41, 5.74) is 1.02. The van der Waals surface area contributed by atoms with E-state index in [1.807, 2.05) is 13.8 Å². The molecule has 1 saturated heterocycles. The van der Waals surface area contributed by atoms with Gasteiger partial charge in [-0.1, -0.05) is 11.6 Å². The van der Waals surface area contributed by atoms with Crippen LogP contribution in [-0.2, 0) is 14.3 Å². The molecule has 0 amide bonds. The summed E-state index contributed by atoms with van der Waals surface area (Å²) >= 11 is 0. The van der Waals surface area contributed by atoms with E-state index < -0.39 is 36.7 Å². The Morgan fingerprint density at radius 2 is 1.65 bits per heavy atom. The van der Waals surface area contributed by atoms with Crippen LogP contribution in [0.25, 0.3) is 0 Å². The summed E-state index contributed by atoms with van der Waals surface area (Å²) in [4.78, 5) is 10.9. The molecule has 0 aliphatic carbocycles. The molecule has 0 aromatic carbocycles. The molecule has 0 radical (unpaired) electrons. The van der Waals surface area contributed by atoms with Crippen molar-refractivity contribution < 1.29 is 34.7 Å². The minimum Gasteiger partial charge on any atom is -0.479 e. The van der Waals surface area contributed by atoms with E-state index in [0.29, 0.717) is 5.76 Å². The molecular formula is C13H20O7. The Morgan fingerprint density at radius 3 is 2.15 bits per heavy atom. The predicted octanol–water partition coefficient (Wildman–Crippen LogP) is -0.235. The molecule has 4 N–H and O–H groups in total. The molecule has 0 aromatic rings. The molecule has 5 atom stereocenters. The minimum absolute atomic E-state index is 0.378. The second-order valence-electron chi connectivity index (χ2n) is 4.87. The highest BCUT2D eigenvalue weighted by Crippen LogP contribution is 2.24. The lowest BCUT2D eigenvalue weighted by Gasteiger charge is -2.38. The summed E-state index contributed by atoms with van der Waals surface area (Å²) in [7, 11) is 0. The van der Waals surface area contributed by atoms with Gasteiger partial charge < -0.3 is 29.9 Å². The zero-order chi connectivity index (χ0) is 15.4. The van der Waals surface area contributed by atoms with Gasteiger partial charge in [-0.2, -0.15) is 0 Å². The zero-order valence-electron chi connectivity index (χ0n) is 11.6. The summed E-state index contributed by atoms with van der Waals surface area (Å²) in [5, 5.41) is 37.7. The summed E-state index contributed by atoms with van der Waals surface area (Å²) < 4.78 is 10.2. The van der Waals surface area contributed by atoms with Crippen LogP contribution in [0.4, 0.5) is 0 Å². The highest BCUT2D eigenvalue weighted by Gasteiger charge is 2.48. The molecule has 5 unspecified atom stereocenters. The Kier molecular flexibility index (Phi) is 5.70. The Labute approximate surface area is 116 Å². The number of carbonyl (C=O) groups is 1. The Hall–Kier alpha value is -1.41. The Balaban J connectivity index is 2.81. The monoisotopic (exact) mass is 288 g/mol. The average Bonchev–Trinajstić information content (AvgIpc) is 2.36. The fourth-order valence-corrected chi connectivity index (χ4v) is 1.66. The van der Waals surface area contributed by atoms with Gasteiger partial charge >= 0.3 is 5.97 Å². The summed E-state index contributed by atoms with van der Waals surface area (Å²) in [5.74, 6) is -1.06. The summed E-state index contributed by atoms with van der Waals surface area (Å²) in [6.45, 7) is 5.37. The fourth-order valence-electron chi connectivity index (χ4n) is 1.66. The normalized spacial score (nSPS) is 34.5. The van der Waals surface area contributed by atoms with Crippen LogP contribution in [0.15, 0.2) is 23.5 Å². The number of carboxylic acids is 1. The number of aliphatic hydroxyl groups is 3. The Morgan fingerprint density at radius 1 is 1.05 bits per heavy atom. The van der Waals surface area contributed by atoms with Crippen molar-refractivity contribution in [1.82, 2.24) is 0 Å². The van der Waals surface area contributed by atoms with Crippen LogP contribution >= 0.6 is 0 Å². The van der Waals surface area contributed by atoms with Crippen LogP contribution in [0.3, 0.4) is 0 Å². The van der Waals surface area contributed by atoms with Crippen molar-refractivity contribution >= 4 is 5.97 Å². The highest BCUT2D eigenvalue weighted by atomic mass is 16.7. The first-order valence-corrected chi connectivity index (χ1v) is 6.15. The molecule has 1 aliphatic rings. The van der Waals surface area contributed by atoms with Crippen molar-refractivity contribution in [3.8, 4) is 0 Å². The van der Waals surface area contributed by atoms with E-state index in [1.54, 1.807) is 19.1 Å². The first-order chi connectivity index (χ1) is 9.23. The number of rotatable bonds is 4. The van der Waals surface area contributed by atoms with E-state index in [-0.39, 0.29) is 0 Å². The van der Waals surface area contributed by atoms with Gasteiger partial charge in [-0.25, -0.2) is 4.79 Å². The van der Waals surface area contributed by atoms with Gasteiger partial charge in [0.25, 0.3) is 0 Å². The lowest BCUT2D eigenvalue weighted by atomic mass is 9.99. The molecule has 7 heteroatoms. The van der Waals surface area contributed by atoms with Crippen molar-refractivity contribution in [1.29, 1.82) is 0 Å². The number of ether oxygens (including phenoxy) is 2. The van der Waals surface area contributed by atoms with Crippen molar-refractivity contribution in [3.05, 3.63) is 23.5 Å². The SMILES string of the molecule is CC(C)=C/C=C(\C)OC1OC(C(=O)O)C(O)C(O)C1O. The fraction of sp³-hybridized carbons (Fsp3) is 0.615. The molecule has 1 aliphatic heterocycles. The minimum atomic E-state index is -1.72. The van der Waals surface area contributed by atoms with Crippen molar-refractivity contribution in [3.63, 3.8) is 0 Å². The smallest absolute Gasteiger partial charge is 0.335 e. The number of hydrogen-bond donors (Lipinski definition) is 4. The Bertz CT molecular complexity index is 411. The van der Waals surface area contributed by atoms with Gasteiger partial charge in [0.15, 0.2) is 6.10 Å². The van der Waals surface area contributed by atoms with E-state index in [9.17, 15) is 20.1 Å². The molecule has 114 valence electrons. The van der Waals surface area contributed by atoms with E-state index in [1.165, 1.54) is 0 Å². The topological polar surface area (TPSA) is 116 Å². The van der Waals surface area contributed by atoms with Gasteiger partial charge in [-0.3, -0.25) is 0 Å². The maximum absolute atomic E-state index is 10.9. The van der Waals surface area contributed by atoms with Crippen molar-refractivity contribution in [2.24, 2.45) is 0 Å². The first kappa shape index (κ1) is 16.6. The molecule has 1 fully saturated rings. The third kappa shape index (κ3) is 4.04. The second kappa shape index (κ2) is 6.85. The van der Waals surface area contributed by atoms with Crippen LogP contribution < -0.4 is 0 Å². The standard InChI is InChI=1S/C13H20O7/c1-6(2)4-5-7(3)19-13-10(16)8(14)9(15)11(20-13)12(17)18/h4-5,8-11,13-16H,1-3H3,(H,17,18)/b7-5+. The molecule has 1 rings (SSSR count). The van der Waals surface area contributed by atoms with Gasteiger partial charge in [0.2, 0.25) is 6.29 Å². The quantitative estimate of drug-likeness (QED) is 0.417. The molecule has 0 bridgehead atoms. The maximum Gasteiger partial charge on any atom is 0.335 e. The van der Waals surface area contributed by atoms with Crippen LogP contribution in [0, 0.1) is 0 Å². The van der Waals surface area contributed by atoms with E-state index in [2.05, 4.69) is 0 Å². The maximum atomic E-state index is 10.9. The molecule has 0 saturated carbocycles. The summed E-state index contributed by atoms with van der Waals surface area (Å²) in [6, 6.07) is 0. The van der Waals surface area contributed by atoms with E-state index in [0.717, 1.165) is 5.57 Å². The molecule has 0 aromatic heterocycles. The lowest BCUT2D eigenvalue weighted by Crippen LogP contribution is -2.60.